The molecule has 0 aliphatic heterocycles. The molecule has 1 saturated carbocycles. The Kier molecular flexibility index (Phi) is 4.54. The molecule has 1 aliphatic carbocycles. The lowest BCUT2D eigenvalue weighted by Crippen LogP contribution is -2.30. The summed E-state index contributed by atoms with van der Waals surface area (Å²) in [5, 5.41) is 11.8. The number of amides is 1. The number of aromatic amines is 1. The number of aryl methyl sites for hydroxylation is 1. The van der Waals surface area contributed by atoms with E-state index in [0.29, 0.717) is 25.8 Å². The second kappa shape index (κ2) is 6.36. The summed E-state index contributed by atoms with van der Waals surface area (Å²) in [6.45, 7) is 0.605. The number of carbonyl (C=O) groups is 2. The Morgan fingerprint density at radius 2 is 2.21 bits per heavy atom. The lowest BCUT2D eigenvalue weighted by Gasteiger charge is -2.10. The van der Waals surface area contributed by atoms with Gasteiger partial charge in [-0.3, -0.25) is 9.59 Å². The van der Waals surface area contributed by atoms with E-state index in [1.54, 1.807) is 12.4 Å². The number of H-pyrrole nitrogens is 1. The Hall–Kier alpha value is -1.85. The number of nitrogens with one attached hydrogen (secondary N) is 2. The molecule has 0 unspecified atom stereocenters. The van der Waals surface area contributed by atoms with E-state index in [0.717, 1.165) is 18.7 Å². The molecule has 3 N–H and O–H groups in total. The number of carboxylic acids is 1. The first-order valence-corrected chi connectivity index (χ1v) is 6.65. The van der Waals surface area contributed by atoms with Gasteiger partial charge in [0.15, 0.2) is 0 Å². The normalized spacial score (nSPS) is 22.3. The van der Waals surface area contributed by atoms with Crippen LogP contribution in [-0.4, -0.2) is 33.5 Å². The van der Waals surface area contributed by atoms with Crippen LogP contribution in [0.2, 0.25) is 0 Å². The fourth-order valence-corrected chi connectivity index (χ4v) is 2.49. The molecule has 1 aliphatic rings. The van der Waals surface area contributed by atoms with E-state index >= 15 is 0 Å². The molecule has 2 atom stereocenters. The third-order valence-electron chi connectivity index (χ3n) is 3.60. The first-order chi connectivity index (χ1) is 9.16. The summed E-state index contributed by atoms with van der Waals surface area (Å²) < 4.78 is 0. The van der Waals surface area contributed by atoms with E-state index in [-0.39, 0.29) is 17.7 Å². The number of nitrogens with zero attached hydrogens (tertiary/aromatic N) is 1. The first kappa shape index (κ1) is 13.6. The Balaban J connectivity index is 1.63. The van der Waals surface area contributed by atoms with Crippen LogP contribution in [0.3, 0.4) is 0 Å². The molecule has 1 fully saturated rings. The van der Waals surface area contributed by atoms with Gasteiger partial charge in [0.2, 0.25) is 5.91 Å². The van der Waals surface area contributed by atoms with Crippen LogP contribution in [0.5, 0.6) is 0 Å². The minimum atomic E-state index is -0.784. The quantitative estimate of drug-likeness (QED) is 0.668. The second-order valence-electron chi connectivity index (χ2n) is 4.98. The van der Waals surface area contributed by atoms with Gasteiger partial charge in [-0.2, -0.15) is 0 Å². The summed E-state index contributed by atoms with van der Waals surface area (Å²) in [6.07, 6.45) is 6.88. The van der Waals surface area contributed by atoms with E-state index in [1.807, 2.05) is 0 Å². The molecule has 1 heterocycles. The van der Waals surface area contributed by atoms with Crippen molar-refractivity contribution in [1.82, 2.24) is 15.3 Å². The Bertz CT molecular complexity index is 430. The third kappa shape index (κ3) is 3.81. The van der Waals surface area contributed by atoms with Crippen LogP contribution in [-0.2, 0) is 16.0 Å². The zero-order valence-electron chi connectivity index (χ0n) is 10.8. The molecule has 0 aromatic carbocycles. The van der Waals surface area contributed by atoms with Crippen molar-refractivity contribution in [2.45, 2.75) is 32.1 Å². The molecule has 2 rings (SSSR count). The van der Waals surface area contributed by atoms with Crippen LogP contribution < -0.4 is 5.32 Å². The number of carbonyl (C=O) groups excluding carboxylic acids is 1. The van der Waals surface area contributed by atoms with Crippen molar-refractivity contribution in [3.8, 4) is 0 Å². The molecule has 19 heavy (non-hydrogen) atoms. The van der Waals surface area contributed by atoms with Gasteiger partial charge < -0.3 is 15.4 Å². The summed E-state index contributed by atoms with van der Waals surface area (Å²) in [5.74, 6) is -0.360. The van der Waals surface area contributed by atoms with E-state index in [2.05, 4.69) is 15.3 Å². The standard InChI is InChI=1S/C13H19N3O3/c17-12(9-3-4-10(8-9)13(18)19)16-5-1-2-11-14-6-7-15-11/h6-7,9-10H,1-5,8H2,(H,14,15)(H,16,17)(H,18,19)/t9-,10+/m1/s1. The van der Waals surface area contributed by atoms with E-state index in [1.165, 1.54) is 0 Å². The van der Waals surface area contributed by atoms with Gasteiger partial charge in [0.1, 0.15) is 5.82 Å². The number of aliphatic carboxylic acids is 1. The molecule has 6 heteroatoms. The Morgan fingerprint density at radius 1 is 1.42 bits per heavy atom. The summed E-state index contributed by atoms with van der Waals surface area (Å²) in [4.78, 5) is 29.8. The van der Waals surface area contributed by atoms with Crippen molar-refractivity contribution in [3.05, 3.63) is 18.2 Å². The molecule has 0 spiro atoms. The lowest BCUT2D eigenvalue weighted by molar-refractivity contribution is -0.141. The largest absolute Gasteiger partial charge is 0.481 e. The summed E-state index contributed by atoms with van der Waals surface area (Å²) >= 11 is 0. The predicted molar refractivity (Wildman–Crippen MR) is 68.4 cm³/mol. The fraction of sp³-hybridized carbons (Fsp3) is 0.615. The van der Waals surface area contributed by atoms with Crippen LogP contribution in [0, 0.1) is 11.8 Å². The van der Waals surface area contributed by atoms with E-state index in [4.69, 9.17) is 5.11 Å². The summed E-state index contributed by atoms with van der Waals surface area (Å²) in [5.41, 5.74) is 0. The van der Waals surface area contributed by atoms with Gasteiger partial charge in [0, 0.05) is 31.3 Å². The van der Waals surface area contributed by atoms with Crippen LogP contribution in [0.15, 0.2) is 12.4 Å². The lowest BCUT2D eigenvalue weighted by atomic mass is 10.0. The highest BCUT2D eigenvalue weighted by Gasteiger charge is 2.33. The topological polar surface area (TPSA) is 95.1 Å². The summed E-state index contributed by atoms with van der Waals surface area (Å²) in [7, 11) is 0. The maximum atomic E-state index is 11.8. The molecular weight excluding hydrogens is 246 g/mol. The van der Waals surface area contributed by atoms with Crippen molar-refractivity contribution >= 4 is 11.9 Å². The number of hydrogen-bond acceptors (Lipinski definition) is 3. The third-order valence-corrected chi connectivity index (χ3v) is 3.60. The average molecular weight is 265 g/mol. The second-order valence-corrected chi connectivity index (χ2v) is 4.98. The molecule has 0 saturated heterocycles. The number of hydrogen-bond donors (Lipinski definition) is 3. The highest BCUT2D eigenvalue weighted by Crippen LogP contribution is 2.30. The van der Waals surface area contributed by atoms with Gasteiger partial charge in [-0.05, 0) is 25.7 Å². The zero-order valence-corrected chi connectivity index (χ0v) is 10.8. The predicted octanol–water partition coefficient (Wildman–Crippen LogP) is 0.959. The van der Waals surface area contributed by atoms with E-state index < -0.39 is 5.97 Å². The van der Waals surface area contributed by atoms with Crippen molar-refractivity contribution in [3.63, 3.8) is 0 Å². The number of imidazole rings is 1. The molecule has 1 aromatic rings. The van der Waals surface area contributed by atoms with Gasteiger partial charge in [-0.25, -0.2) is 4.98 Å². The van der Waals surface area contributed by atoms with Crippen molar-refractivity contribution in [2.24, 2.45) is 11.8 Å². The average Bonchev–Trinajstić information content (AvgIpc) is 3.05. The van der Waals surface area contributed by atoms with Gasteiger partial charge in [0.25, 0.3) is 0 Å². The maximum Gasteiger partial charge on any atom is 0.306 e. The minimum Gasteiger partial charge on any atom is -0.481 e. The maximum absolute atomic E-state index is 11.8. The monoisotopic (exact) mass is 265 g/mol. The van der Waals surface area contributed by atoms with Crippen molar-refractivity contribution in [1.29, 1.82) is 0 Å². The number of carboxylic acid groups (broad SMARTS) is 1. The fourth-order valence-electron chi connectivity index (χ4n) is 2.49. The highest BCUT2D eigenvalue weighted by atomic mass is 16.4. The van der Waals surface area contributed by atoms with Gasteiger partial charge >= 0.3 is 5.97 Å². The molecule has 1 aromatic heterocycles. The van der Waals surface area contributed by atoms with Crippen LogP contribution in [0.1, 0.15) is 31.5 Å². The molecule has 104 valence electrons. The van der Waals surface area contributed by atoms with Crippen LogP contribution in [0.4, 0.5) is 0 Å². The van der Waals surface area contributed by atoms with E-state index in [9.17, 15) is 9.59 Å². The van der Waals surface area contributed by atoms with Crippen LogP contribution >= 0.6 is 0 Å². The smallest absolute Gasteiger partial charge is 0.306 e. The molecule has 6 nitrogen and oxygen atoms in total. The molecular formula is C13H19N3O3. The Labute approximate surface area is 111 Å². The number of aromatic nitrogens is 2. The van der Waals surface area contributed by atoms with Gasteiger partial charge in [-0.15, -0.1) is 0 Å². The van der Waals surface area contributed by atoms with Gasteiger partial charge in [0.05, 0.1) is 5.92 Å². The zero-order chi connectivity index (χ0) is 13.7. The SMILES string of the molecule is O=C(O)[C@H]1CC[C@@H](C(=O)NCCCc2ncc[nH]2)C1. The minimum absolute atomic E-state index is 0.0109. The molecule has 0 radical (unpaired) electrons. The Morgan fingerprint density at radius 3 is 2.84 bits per heavy atom. The van der Waals surface area contributed by atoms with Crippen LogP contribution in [0.25, 0.3) is 0 Å². The molecule has 1 amide bonds. The van der Waals surface area contributed by atoms with Crippen molar-refractivity contribution in [2.75, 3.05) is 6.54 Å². The highest BCUT2D eigenvalue weighted by molar-refractivity contribution is 5.80. The summed E-state index contributed by atoms with van der Waals surface area (Å²) in [6, 6.07) is 0. The van der Waals surface area contributed by atoms with Crippen molar-refractivity contribution < 1.29 is 14.7 Å². The molecule has 0 bridgehead atoms. The number of rotatable bonds is 6. The first-order valence-electron chi connectivity index (χ1n) is 6.65. The van der Waals surface area contributed by atoms with Gasteiger partial charge in [-0.1, -0.05) is 0 Å².